The number of hydrogen-bond donors (Lipinski definition) is 3. The molecule has 1 saturated carbocycles. The normalized spacial score (nSPS) is 26.4. The van der Waals surface area contributed by atoms with Crippen LogP contribution in [0.15, 0.2) is 0 Å². The van der Waals surface area contributed by atoms with E-state index in [1.165, 1.54) is 0 Å². The van der Waals surface area contributed by atoms with Crippen LogP contribution in [0.3, 0.4) is 0 Å². The van der Waals surface area contributed by atoms with Crippen LogP contribution in [-0.2, 0) is 9.59 Å². The predicted octanol–water partition coefficient (Wildman–Crippen LogP) is 0.483. The summed E-state index contributed by atoms with van der Waals surface area (Å²) < 4.78 is 0. The molecule has 0 heterocycles. The minimum Gasteiger partial charge on any atom is -0.481 e. The Morgan fingerprint density at radius 1 is 1.50 bits per heavy atom. The van der Waals surface area contributed by atoms with Gasteiger partial charge in [0.1, 0.15) is 0 Å². The molecule has 0 aromatic carbocycles. The second kappa shape index (κ2) is 5.84. The van der Waals surface area contributed by atoms with Crippen molar-refractivity contribution < 1.29 is 14.7 Å². The largest absolute Gasteiger partial charge is 0.481 e. The molecule has 16 heavy (non-hydrogen) atoms. The number of nitrogens with two attached hydrogens (primary N) is 1. The van der Waals surface area contributed by atoms with Crippen molar-refractivity contribution in [2.24, 2.45) is 11.7 Å². The fraction of sp³-hybridized carbons (Fsp3) is 0.818. The maximum Gasteiger partial charge on any atom is 0.308 e. The third-order valence-electron chi connectivity index (χ3n) is 3.01. The first-order chi connectivity index (χ1) is 7.50. The van der Waals surface area contributed by atoms with Crippen molar-refractivity contribution in [2.75, 3.05) is 0 Å². The van der Waals surface area contributed by atoms with Crippen LogP contribution in [0.4, 0.5) is 0 Å². The first kappa shape index (κ1) is 13.0. The summed E-state index contributed by atoms with van der Waals surface area (Å²) in [7, 11) is 0. The fourth-order valence-electron chi connectivity index (χ4n) is 2.07. The Bertz CT molecular complexity index is 266. The average molecular weight is 228 g/mol. The Balaban J connectivity index is 2.35. The Labute approximate surface area is 95.4 Å². The van der Waals surface area contributed by atoms with Gasteiger partial charge in [0.25, 0.3) is 0 Å². The van der Waals surface area contributed by atoms with E-state index in [2.05, 4.69) is 5.32 Å². The molecule has 4 N–H and O–H groups in total. The first-order valence-corrected chi connectivity index (χ1v) is 5.78. The molecule has 0 bridgehead atoms. The number of carboxylic acids is 1. The Morgan fingerprint density at radius 3 is 2.75 bits per heavy atom. The van der Waals surface area contributed by atoms with Gasteiger partial charge in [-0.2, -0.15) is 0 Å². The maximum atomic E-state index is 11.5. The van der Waals surface area contributed by atoms with Crippen molar-refractivity contribution in [3.63, 3.8) is 0 Å². The molecular formula is C11H20N2O3. The van der Waals surface area contributed by atoms with E-state index in [0.717, 1.165) is 12.8 Å². The number of carbonyl (C=O) groups excluding carboxylic acids is 1. The van der Waals surface area contributed by atoms with E-state index in [0.29, 0.717) is 19.3 Å². The summed E-state index contributed by atoms with van der Waals surface area (Å²) in [5, 5.41) is 11.7. The van der Waals surface area contributed by atoms with E-state index in [9.17, 15) is 9.59 Å². The Hall–Kier alpha value is -1.10. The lowest BCUT2D eigenvalue weighted by Crippen LogP contribution is -2.40. The SMILES string of the molecule is CC(N)CCC(=O)NC1CCCC1C(=O)O. The lowest BCUT2D eigenvalue weighted by molar-refractivity contribution is -0.142. The van der Waals surface area contributed by atoms with Gasteiger partial charge in [0.2, 0.25) is 5.91 Å². The van der Waals surface area contributed by atoms with Crippen molar-refractivity contribution in [1.29, 1.82) is 0 Å². The quantitative estimate of drug-likeness (QED) is 0.638. The third kappa shape index (κ3) is 3.81. The van der Waals surface area contributed by atoms with Gasteiger partial charge in [0, 0.05) is 18.5 Å². The summed E-state index contributed by atoms with van der Waals surface area (Å²) in [5.74, 6) is -1.32. The van der Waals surface area contributed by atoms with Crippen LogP contribution in [0.2, 0.25) is 0 Å². The van der Waals surface area contributed by atoms with E-state index in [1.54, 1.807) is 0 Å². The number of amides is 1. The minimum atomic E-state index is -0.810. The maximum absolute atomic E-state index is 11.5. The van der Waals surface area contributed by atoms with Gasteiger partial charge in [-0.25, -0.2) is 0 Å². The molecule has 3 unspecified atom stereocenters. The Morgan fingerprint density at radius 2 is 2.19 bits per heavy atom. The molecule has 1 aliphatic carbocycles. The molecule has 1 fully saturated rings. The number of aliphatic carboxylic acids is 1. The van der Waals surface area contributed by atoms with Crippen molar-refractivity contribution in [3.05, 3.63) is 0 Å². The van der Waals surface area contributed by atoms with E-state index in [1.807, 2.05) is 6.92 Å². The number of rotatable bonds is 5. The fourth-order valence-corrected chi connectivity index (χ4v) is 2.07. The number of hydrogen-bond acceptors (Lipinski definition) is 3. The second-order valence-electron chi connectivity index (χ2n) is 4.57. The highest BCUT2D eigenvalue weighted by Crippen LogP contribution is 2.25. The molecule has 0 spiro atoms. The summed E-state index contributed by atoms with van der Waals surface area (Å²) in [6.07, 6.45) is 3.31. The van der Waals surface area contributed by atoms with Crippen LogP contribution in [0.5, 0.6) is 0 Å². The second-order valence-corrected chi connectivity index (χ2v) is 4.57. The minimum absolute atomic E-state index is 0.00426. The van der Waals surface area contributed by atoms with E-state index >= 15 is 0 Å². The van der Waals surface area contributed by atoms with Crippen LogP contribution in [0, 0.1) is 5.92 Å². The monoisotopic (exact) mass is 228 g/mol. The van der Waals surface area contributed by atoms with Gasteiger partial charge in [-0.1, -0.05) is 6.42 Å². The van der Waals surface area contributed by atoms with Crippen LogP contribution in [0.1, 0.15) is 39.0 Å². The molecule has 0 saturated heterocycles. The molecule has 1 aliphatic rings. The summed E-state index contributed by atoms with van der Waals surface area (Å²) in [6, 6.07) is -0.192. The average Bonchev–Trinajstić information content (AvgIpc) is 2.62. The molecule has 5 nitrogen and oxygen atoms in total. The lowest BCUT2D eigenvalue weighted by Gasteiger charge is -2.17. The van der Waals surface area contributed by atoms with Crippen molar-refractivity contribution in [1.82, 2.24) is 5.32 Å². The highest BCUT2D eigenvalue weighted by atomic mass is 16.4. The van der Waals surface area contributed by atoms with Gasteiger partial charge < -0.3 is 16.2 Å². The first-order valence-electron chi connectivity index (χ1n) is 5.78. The molecular weight excluding hydrogens is 208 g/mol. The molecule has 1 amide bonds. The van der Waals surface area contributed by atoms with Crippen molar-refractivity contribution in [3.8, 4) is 0 Å². The molecule has 1 rings (SSSR count). The van der Waals surface area contributed by atoms with Crippen LogP contribution in [-0.4, -0.2) is 29.1 Å². The zero-order valence-corrected chi connectivity index (χ0v) is 9.61. The van der Waals surface area contributed by atoms with Gasteiger partial charge >= 0.3 is 5.97 Å². The smallest absolute Gasteiger partial charge is 0.308 e. The van der Waals surface area contributed by atoms with Gasteiger partial charge in [-0.05, 0) is 26.2 Å². The van der Waals surface area contributed by atoms with Crippen molar-refractivity contribution in [2.45, 2.75) is 51.1 Å². The van der Waals surface area contributed by atoms with Crippen LogP contribution >= 0.6 is 0 Å². The van der Waals surface area contributed by atoms with Crippen LogP contribution < -0.4 is 11.1 Å². The molecule has 3 atom stereocenters. The number of nitrogens with one attached hydrogen (secondary N) is 1. The van der Waals surface area contributed by atoms with Crippen molar-refractivity contribution >= 4 is 11.9 Å². The lowest BCUT2D eigenvalue weighted by atomic mass is 10.0. The van der Waals surface area contributed by atoms with Gasteiger partial charge in [0.15, 0.2) is 0 Å². The molecule has 0 radical (unpaired) electrons. The molecule has 5 heteroatoms. The zero-order chi connectivity index (χ0) is 12.1. The zero-order valence-electron chi connectivity index (χ0n) is 9.61. The van der Waals surface area contributed by atoms with Gasteiger partial charge in [-0.3, -0.25) is 9.59 Å². The molecule has 92 valence electrons. The summed E-state index contributed by atoms with van der Waals surface area (Å²) in [5.41, 5.74) is 5.55. The summed E-state index contributed by atoms with van der Waals surface area (Å²) >= 11 is 0. The molecule has 0 aromatic rings. The standard InChI is InChI=1S/C11H20N2O3/c1-7(12)5-6-10(14)13-9-4-2-3-8(9)11(15)16/h7-9H,2-6,12H2,1H3,(H,13,14)(H,15,16). The number of carboxylic acid groups (broad SMARTS) is 1. The summed E-state index contributed by atoms with van der Waals surface area (Å²) in [4.78, 5) is 22.4. The van der Waals surface area contributed by atoms with E-state index < -0.39 is 11.9 Å². The van der Waals surface area contributed by atoms with Gasteiger partial charge in [0.05, 0.1) is 5.92 Å². The topological polar surface area (TPSA) is 92.4 Å². The van der Waals surface area contributed by atoms with Crippen LogP contribution in [0.25, 0.3) is 0 Å². The third-order valence-corrected chi connectivity index (χ3v) is 3.01. The molecule has 0 aliphatic heterocycles. The predicted molar refractivity (Wildman–Crippen MR) is 59.8 cm³/mol. The molecule has 0 aromatic heterocycles. The summed E-state index contributed by atoms with van der Waals surface area (Å²) in [6.45, 7) is 1.85. The number of carbonyl (C=O) groups is 2. The highest BCUT2D eigenvalue weighted by molar-refractivity contribution is 5.78. The highest BCUT2D eigenvalue weighted by Gasteiger charge is 2.33. The van der Waals surface area contributed by atoms with E-state index in [-0.39, 0.29) is 18.0 Å². The van der Waals surface area contributed by atoms with Gasteiger partial charge in [-0.15, -0.1) is 0 Å². The van der Waals surface area contributed by atoms with E-state index in [4.69, 9.17) is 10.8 Å². The Kier molecular flexibility index (Phi) is 4.73.